The molecular formula is C9H17N3O3S. The largest absolute Gasteiger partial charge is 0.744 e. The monoisotopic (exact) mass is 247 g/mol. The van der Waals surface area contributed by atoms with Crippen molar-refractivity contribution >= 4 is 21.5 Å². The molecule has 0 saturated heterocycles. The Morgan fingerprint density at radius 1 is 1.31 bits per heavy atom. The van der Waals surface area contributed by atoms with Gasteiger partial charge in [0.05, 0.1) is 10.9 Å². The first-order valence-corrected chi connectivity index (χ1v) is 5.99. The standard InChI is InChI=1S/C6H8N2O3S.C3H9N/c7-4-1-2-5(8)6(3-4)12(9,10)11;1-3(2)4/h1-3H,7-8H2,(H,9,10,11);3H,4H2,1-2H3. The highest BCUT2D eigenvalue weighted by molar-refractivity contribution is 7.86. The summed E-state index contributed by atoms with van der Waals surface area (Å²) in [4.78, 5) is -0.470. The second-order valence-corrected chi connectivity index (χ2v) is 4.99. The number of quaternary nitrogens is 1. The molecule has 0 radical (unpaired) electrons. The molecule has 0 aromatic heterocycles. The molecule has 0 bridgehead atoms. The zero-order valence-corrected chi connectivity index (χ0v) is 10.1. The van der Waals surface area contributed by atoms with Crippen molar-refractivity contribution in [1.29, 1.82) is 0 Å². The van der Waals surface area contributed by atoms with Gasteiger partial charge in [-0.2, -0.15) is 0 Å². The maximum Gasteiger partial charge on any atom is 0.126 e. The van der Waals surface area contributed by atoms with Crippen LogP contribution >= 0.6 is 0 Å². The number of hydrogen-bond donors (Lipinski definition) is 3. The summed E-state index contributed by atoms with van der Waals surface area (Å²) >= 11 is 0. The molecule has 0 unspecified atom stereocenters. The van der Waals surface area contributed by atoms with Crippen molar-refractivity contribution < 1.29 is 18.7 Å². The Kier molecular flexibility index (Phi) is 5.22. The molecule has 0 atom stereocenters. The van der Waals surface area contributed by atoms with Crippen molar-refractivity contribution in [2.24, 2.45) is 0 Å². The molecule has 7 N–H and O–H groups in total. The van der Waals surface area contributed by atoms with Crippen molar-refractivity contribution in [1.82, 2.24) is 0 Å². The third-order valence-corrected chi connectivity index (χ3v) is 2.20. The molecule has 6 nitrogen and oxygen atoms in total. The van der Waals surface area contributed by atoms with Gasteiger partial charge in [0.25, 0.3) is 0 Å². The molecule has 0 aliphatic rings. The summed E-state index contributed by atoms with van der Waals surface area (Å²) in [6.45, 7) is 4.11. The van der Waals surface area contributed by atoms with Gasteiger partial charge >= 0.3 is 0 Å². The second kappa shape index (κ2) is 5.69. The minimum Gasteiger partial charge on any atom is -0.744 e. The lowest BCUT2D eigenvalue weighted by atomic mass is 10.3. The van der Waals surface area contributed by atoms with Crippen LogP contribution in [0.4, 0.5) is 11.4 Å². The Morgan fingerprint density at radius 2 is 1.75 bits per heavy atom. The summed E-state index contributed by atoms with van der Waals surface area (Å²) in [6.07, 6.45) is 0. The van der Waals surface area contributed by atoms with Gasteiger partial charge in [-0.1, -0.05) is 0 Å². The van der Waals surface area contributed by atoms with Crippen molar-refractivity contribution in [3.63, 3.8) is 0 Å². The van der Waals surface area contributed by atoms with E-state index in [4.69, 9.17) is 11.5 Å². The Labute approximate surface area is 95.2 Å². The van der Waals surface area contributed by atoms with Crippen LogP contribution in [-0.2, 0) is 10.1 Å². The Bertz CT molecular complexity index is 441. The highest BCUT2D eigenvalue weighted by Crippen LogP contribution is 2.20. The summed E-state index contributed by atoms with van der Waals surface area (Å²) in [7, 11) is -4.51. The van der Waals surface area contributed by atoms with Crippen LogP contribution in [0.5, 0.6) is 0 Å². The summed E-state index contributed by atoms with van der Waals surface area (Å²) < 4.78 is 31.5. The number of benzene rings is 1. The zero-order chi connectivity index (χ0) is 12.9. The molecule has 1 aromatic rings. The SMILES string of the molecule is CC(C)[NH3+].Nc1ccc(N)c(S(=O)(=O)[O-])c1. The van der Waals surface area contributed by atoms with E-state index >= 15 is 0 Å². The van der Waals surface area contributed by atoms with Crippen LogP contribution in [-0.4, -0.2) is 19.0 Å². The second-order valence-electron chi connectivity index (χ2n) is 3.65. The third-order valence-electron chi connectivity index (χ3n) is 1.31. The van der Waals surface area contributed by atoms with Crippen molar-refractivity contribution in [2.75, 3.05) is 11.5 Å². The van der Waals surface area contributed by atoms with Crippen molar-refractivity contribution in [3.05, 3.63) is 18.2 Å². The summed E-state index contributed by atoms with van der Waals surface area (Å²) in [5.41, 5.74) is 14.3. The van der Waals surface area contributed by atoms with Crippen LogP contribution in [0.25, 0.3) is 0 Å². The van der Waals surface area contributed by atoms with Gasteiger partial charge < -0.3 is 21.8 Å². The van der Waals surface area contributed by atoms with Gasteiger partial charge in [-0.3, -0.25) is 0 Å². The van der Waals surface area contributed by atoms with Crippen LogP contribution < -0.4 is 17.2 Å². The van der Waals surface area contributed by atoms with Gasteiger partial charge in [0, 0.05) is 11.4 Å². The first-order chi connectivity index (χ1) is 7.14. The number of nitrogen functional groups attached to an aromatic ring is 2. The van der Waals surface area contributed by atoms with Gasteiger partial charge in [0.1, 0.15) is 10.1 Å². The maximum atomic E-state index is 10.5. The summed E-state index contributed by atoms with van der Waals surface area (Å²) in [5.74, 6) is 0. The van der Waals surface area contributed by atoms with Gasteiger partial charge in [0.15, 0.2) is 0 Å². The number of anilines is 2. The van der Waals surface area contributed by atoms with Gasteiger partial charge in [-0.15, -0.1) is 0 Å². The first-order valence-electron chi connectivity index (χ1n) is 4.58. The highest BCUT2D eigenvalue weighted by Gasteiger charge is 2.05. The minimum absolute atomic E-state index is 0.0841. The van der Waals surface area contributed by atoms with E-state index in [-0.39, 0.29) is 11.4 Å². The van der Waals surface area contributed by atoms with E-state index in [0.29, 0.717) is 6.04 Å². The van der Waals surface area contributed by atoms with Crippen LogP contribution in [0.1, 0.15) is 13.8 Å². The Hall–Kier alpha value is -1.31. The van der Waals surface area contributed by atoms with E-state index in [1.165, 1.54) is 12.1 Å². The lowest BCUT2D eigenvalue weighted by Gasteiger charge is -2.09. The van der Waals surface area contributed by atoms with Crippen LogP contribution in [0.3, 0.4) is 0 Å². The van der Waals surface area contributed by atoms with Crippen molar-refractivity contribution in [3.8, 4) is 0 Å². The molecule has 0 aliphatic carbocycles. The lowest BCUT2D eigenvalue weighted by molar-refractivity contribution is -0.407. The summed E-state index contributed by atoms with van der Waals surface area (Å²) in [5, 5.41) is 0. The fourth-order valence-electron chi connectivity index (χ4n) is 0.767. The molecule has 0 heterocycles. The normalized spacial score (nSPS) is 10.8. The number of hydrogen-bond acceptors (Lipinski definition) is 5. The molecule has 92 valence electrons. The average molecular weight is 247 g/mol. The highest BCUT2D eigenvalue weighted by atomic mass is 32.2. The summed E-state index contributed by atoms with van der Waals surface area (Å²) in [6, 6.07) is 4.32. The van der Waals surface area contributed by atoms with E-state index in [9.17, 15) is 13.0 Å². The number of nitrogens with two attached hydrogens (primary N) is 2. The first kappa shape index (κ1) is 14.7. The van der Waals surface area contributed by atoms with Gasteiger partial charge in [-0.05, 0) is 32.0 Å². The van der Waals surface area contributed by atoms with Gasteiger partial charge in [-0.25, -0.2) is 8.42 Å². The van der Waals surface area contributed by atoms with E-state index in [0.717, 1.165) is 6.07 Å². The van der Waals surface area contributed by atoms with E-state index in [2.05, 4.69) is 19.6 Å². The minimum atomic E-state index is -4.51. The molecule has 0 fully saturated rings. The molecular weight excluding hydrogens is 230 g/mol. The molecule has 1 aromatic carbocycles. The molecule has 0 saturated carbocycles. The van der Waals surface area contributed by atoms with E-state index in [1.807, 2.05) is 0 Å². The number of rotatable bonds is 1. The fraction of sp³-hybridized carbons (Fsp3) is 0.333. The Morgan fingerprint density at radius 3 is 2.06 bits per heavy atom. The van der Waals surface area contributed by atoms with E-state index < -0.39 is 15.0 Å². The van der Waals surface area contributed by atoms with Crippen LogP contribution in [0, 0.1) is 0 Å². The van der Waals surface area contributed by atoms with Crippen LogP contribution in [0.15, 0.2) is 23.1 Å². The molecule has 0 amide bonds. The molecule has 0 aliphatic heterocycles. The molecule has 0 spiro atoms. The van der Waals surface area contributed by atoms with E-state index in [1.54, 1.807) is 0 Å². The topological polar surface area (TPSA) is 137 Å². The average Bonchev–Trinajstić information content (AvgIpc) is 2.06. The molecule has 1 rings (SSSR count). The third kappa shape index (κ3) is 5.54. The fourth-order valence-corrected chi connectivity index (χ4v) is 1.40. The van der Waals surface area contributed by atoms with Crippen molar-refractivity contribution in [2.45, 2.75) is 24.8 Å². The predicted molar refractivity (Wildman–Crippen MR) is 61.3 cm³/mol. The lowest BCUT2D eigenvalue weighted by Crippen LogP contribution is -2.57. The zero-order valence-electron chi connectivity index (χ0n) is 9.30. The maximum absolute atomic E-state index is 10.5. The quantitative estimate of drug-likeness (QED) is 0.449. The van der Waals surface area contributed by atoms with Crippen LogP contribution in [0.2, 0.25) is 0 Å². The molecule has 7 heteroatoms. The van der Waals surface area contributed by atoms with Gasteiger partial charge in [0.2, 0.25) is 0 Å². The molecule has 16 heavy (non-hydrogen) atoms. The smallest absolute Gasteiger partial charge is 0.126 e. The Balaban J connectivity index is 0.000000487. The predicted octanol–water partition coefficient (Wildman–Crippen LogP) is -0.608.